The zero-order chi connectivity index (χ0) is 8.20. The van der Waals surface area contributed by atoms with E-state index >= 15 is 0 Å². The molecule has 0 aliphatic rings. The minimum atomic E-state index is -3.37. The van der Waals surface area contributed by atoms with E-state index in [-0.39, 0.29) is 0 Å². The molecule has 0 aromatic carbocycles. The lowest BCUT2D eigenvalue weighted by Crippen LogP contribution is -1.85. The van der Waals surface area contributed by atoms with Gasteiger partial charge in [-0.05, 0) is 0 Å². The second kappa shape index (κ2) is 4.02. The van der Waals surface area contributed by atoms with Crippen LogP contribution in [0.4, 0.5) is 0 Å². The monoisotopic (exact) mass is 184 g/mol. The van der Waals surface area contributed by atoms with Crippen molar-refractivity contribution in [2.24, 2.45) is 0 Å². The number of hydrogen-bond donors (Lipinski definition) is 0. The topological polar surface area (TPSA) is 35.5 Å². The fourth-order valence-corrected chi connectivity index (χ4v) is 1.06. The summed E-state index contributed by atoms with van der Waals surface area (Å²) in [5.74, 6) is 0.361. The third-order valence-corrected chi connectivity index (χ3v) is 2.38. The molecule has 60 valence electrons. The molecule has 0 saturated heterocycles. The molecule has 3 nitrogen and oxygen atoms in total. The van der Waals surface area contributed by atoms with Gasteiger partial charge >= 0.3 is 6.95 Å². The van der Waals surface area contributed by atoms with E-state index in [9.17, 15) is 4.57 Å². The van der Waals surface area contributed by atoms with Crippen LogP contribution in [-0.4, -0.2) is 7.11 Å². The van der Waals surface area contributed by atoms with Gasteiger partial charge in [0, 0.05) is 24.8 Å². The van der Waals surface area contributed by atoms with Crippen LogP contribution in [0.15, 0.2) is 12.3 Å². The molecule has 0 fully saturated rings. The lowest BCUT2D eigenvalue weighted by atomic mass is 10.4. The van der Waals surface area contributed by atoms with Gasteiger partial charge in [-0.25, -0.2) is 4.57 Å². The molecule has 0 spiro atoms. The van der Waals surface area contributed by atoms with Crippen molar-refractivity contribution in [2.75, 3.05) is 7.11 Å². The van der Waals surface area contributed by atoms with Crippen molar-refractivity contribution < 1.29 is 13.6 Å². The van der Waals surface area contributed by atoms with E-state index in [1.165, 1.54) is 7.11 Å². The maximum atomic E-state index is 10.8. The molecule has 0 heterocycles. The van der Waals surface area contributed by atoms with Crippen molar-refractivity contribution in [1.29, 1.82) is 0 Å². The summed E-state index contributed by atoms with van der Waals surface area (Å²) in [6.45, 7) is 1.89. The van der Waals surface area contributed by atoms with Crippen molar-refractivity contribution in [1.82, 2.24) is 0 Å². The predicted molar refractivity (Wildman–Crippen MR) is 41.0 cm³/mol. The summed E-state index contributed by atoms with van der Waals surface area (Å²) in [4.78, 5) is 0. The Kier molecular flexibility index (Phi) is 4.02. The second-order valence-corrected chi connectivity index (χ2v) is 4.25. The first kappa shape index (κ1) is 10.0. The van der Waals surface area contributed by atoms with E-state index in [0.29, 0.717) is 12.2 Å². The standard InChI is InChI=1S/C5H10ClO3P/c1-4-5(2)9-10(6,7)8-3/h2,4H2,1,3H3. The first-order chi connectivity index (χ1) is 4.52. The van der Waals surface area contributed by atoms with Gasteiger partial charge in [0.25, 0.3) is 0 Å². The maximum absolute atomic E-state index is 10.8. The molecule has 0 amide bonds. The summed E-state index contributed by atoms with van der Waals surface area (Å²) in [7, 11) is 1.22. The Hall–Kier alpha value is 0.0200. The number of allylic oxidation sites excluding steroid dienone is 1. The number of hydrogen-bond acceptors (Lipinski definition) is 3. The Morgan fingerprint density at radius 2 is 2.30 bits per heavy atom. The van der Waals surface area contributed by atoms with Gasteiger partial charge in [-0.15, -0.1) is 0 Å². The SMILES string of the molecule is C=C(CC)OP(=O)(Cl)OC. The molecular weight excluding hydrogens is 174 g/mol. The van der Waals surface area contributed by atoms with Crippen LogP contribution in [-0.2, 0) is 13.6 Å². The van der Waals surface area contributed by atoms with Crippen LogP contribution in [0.5, 0.6) is 0 Å². The first-order valence-electron chi connectivity index (χ1n) is 2.74. The zero-order valence-electron chi connectivity index (χ0n) is 5.96. The average Bonchev–Trinajstić information content (AvgIpc) is 1.87. The molecule has 1 unspecified atom stereocenters. The minimum absolute atomic E-state index is 0.361. The van der Waals surface area contributed by atoms with Crippen LogP contribution in [0.2, 0.25) is 0 Å². The lowest BCUT2D eigenvalue weighted by Gasteiger charge is -2.09. The van der Waals surface area contributed by atoms with Crippen LogP contribution in [0.3, 0.4) is 0 Å². The van der Waals surface area contributed by atoms with E-state index in [4.69, 9.17) is 11.2 Å². The van der Waals surface area contributed by atoms with E-state index in [1.807, 2.05) is 6.92 Å². The van der Waals surface area contributed by atoms with Gasteiger partial charge in [-0.3, -0.25) is 4.52 Å². The molecule has 1 atom stereocenters. The third-order valence-electron chi connectivity index (χ3n) is 0.851. The van der Waals surface area contributed by atoms with Crippen molar-refractivity contribution in [2.45, 2.75) is 13.3 Å². The Labute approximate surface area is 65.3 Å². The van der Waals surface area contributed by atoms with E-state index in [1.54, 1.807) is 0 Å². The normalized spacial score (nSPS) is 15.9. The summed E-state index contributed by atoms with van der Waals surface area (Å²) < 4.78 is 19.8. The minimum Gasteiger partial charge on any atom is -0.419 e. The van der Waals surface area contributed by atoms with Crippen LogP contribution in [0, 0.1) is 0 Å². The molecule has 0 rings (SSSR count). The Bertz CT molecular complexity index is 168. The Balaban J connectivity index is 3.89. The molecule has 0 radical (unpaired) electrons. The predicted octanol–water partition coefficient (Wildman–Crippen LogP) is 2.92. The Morgan fingerprint density at radius 1 is 1.80 bits per heavy atom. The van der Waals surface area contributed by atoms with E-state index in [0.717, 1.165) is 0 Å². The molecule has 0 aromatic rings. The molecule has 0 aromatic heterocycles. The van der Waals surface area contributed by atoms with Gasteiger partial charge in [0.05, 0.1) is 5.76 Å². The lowest BCUT2D eigenvalue weighted by molar-refractivity contribution is 0.296. The number of halogens is 1. The van der Waals surface area contributed by atoms with Crippen molar-refractivity contribution in [3.63, 3.8) is 0 Å². The van der Waals surface area contributed by atoms with Gasteiger partial charge in [0.15, 0.2) is 0 Å². The summed E-state index contributed by atoms with van der Waals surface area (Å²) in [5.41, 5.74) is 0. The summed E-state index contributed by atoms with van der Waals surface area (Å²) in [6.07, 6.45) is 0.570. The van der Waals surface area contributed by atoms with E-state index < -0.39 is 6.95 Å². The van der Waals surface area contributed by atoms with Crippen LogP contribution in [0.25, 0.3) is 0 Å². The van der Waals surface area contributed by atoms with Gasteiger partial charge in [-0.1, -0.05) is 13.5 Å². The molecule has 0 aliphatic carbocycles. The highest BCUT2D eigenvalue weighted by molar-refractivity contribution is 7.81. The largest absolute Gasteiger partial charge is 0.476 e. The van der Waals surface area contributed by atoms with Crippen LogP contribution in [0.1, 0.15) is 13.3 Å². The number of rotatable bonds is 4. The van der Waals surface area contributed by atoms with Gasteiger partial charge < -0.3 is 4.52 Å². The molecule has 5 heteroatoms. The molecule has 0 N–H and O–H groups in total. The van der Waals surface area contributed by atoms with Gasteiger partial charge in [0.1, 0.15) is 0 Å². The second-order valence-electron chi connectivity index (χ2n) is 1.60. The highest BCUT2D eigenvalue weighted by atomic mass is 35.7. The van der Waals surface area contributed by atoms with Gasteiger partial charge in [0.2, 0.25) is 0 Å². The molecule has 0 bridgehead atoms. The third kappa shape index (κ3) is 3.94. The fourth-order valence-electron chi connectivity index (χ4n) is 0.256. The first-order valence-corrected chi connectivity index (χ1v) is 5.19. The van der Waals surface area contributed by atoms with Crippen molar-refractivity contribution >= 4 is 18.2 Å². The van der Waals surface area contributed by atoms with Crippen molar-refractivity contribution in [3.05, 3.63) is 12.3 Å². The smallest absolute Gasteiger partial charge is 0.419 e. The van der Waals surface area contributed by atoms with E-state index in [2.05, 4.69) is 15.6 Å². The summed E-state index contributed by atoms with van der Waals surface area (Å²) in [6, 6.07) is 0. The van der Waals surface area contributed by atoms with Crippen LogP contribution < -0.4 is 0 Å². The fraction of sp³-hybridized carbons (Fsp3) is 0.600. The van der Waals surface area contributed by atoms with Crippen LogP contribution >= 0.6 is 18.2 Å². The molecular formula is C5H10ClO3P. The van der Waals surface area contributed by atoms with Gasteiger partial charge in [-0.2, -0.15) is 0 Å². The highest BCUT2D eigenvalue weighted by Gasteiger charge is 2.19. The molecule has 10 heavy (non-hydrogen) atoms. The average molecular weight is 185 g/mol. The van der Waals surface area contributed by atoms with Crippen molar-refractivity contribution in [3.8, 4) is 0 Å². The Morgan fingerprint density at radius 3 is 2.60 bits per heavy atom. The summed E-state index contributed by atoms with van der Waals surface area (Å²) >= 11 is 5.24. The molecule has 0 saturated carbocycles. The zero-order valence-corrected chi connectivity index (χ0v) is 7.61. The maximum Gasteiger partial charge on any atom is 0.476 e. The summed E-state index contributed by atoms with van der Waals surface area (Å²) in [5, 5.41) is 0. The molecule has 0 aliphatic heterocycles. The highest BCUT2D eigenvalue weighted by Crippen LogP contribution is 2.54. The quantitative estimate of drug-likeness (QED) is 0.498.